The van der Waals surface area contributed by atoms with Gasteiger partial charge in [-0.1, -0.05) is 218 Å². The summed E-state index contributed by atoms with van der Waals surface area (Å²) < 4.78 is 14.0. The molecule has 3 nitrogen and oxygen atoms in total. The van der Waals surface area contributed by atoms with Crippen molar-refractivity contribution in [2.45, 2.75) is 10.8 Å². The van der Waals surface area contributed by atoms with E-state index in [2.05, 4.69) is 260 Å². The second-order valence-corrected chi connectivity index (χ2v) is 19.8. The summed E-state index contributed by atoms with van der Waals surface area (Å²) in [6.07, 6.45) is 0. The fourth-order valence-electron chi connectivity index (χ4n) is 13.5. The van der Waals surface area contributed by atoms with E-state index in [4.69, 9.17) is 9.15 Å². The van der Waals surface area contributed by atoms with E-state index in [1.165, 1.54) is 55.6 Å². The molecular formula is C70H43NO2. The highest BCUT2D eigenvalue weighted by atomic mass is 16.5. The van der Waals surface area contributed by atoms with E-state index in [1.54, 1.807) is 0 Å². The number of benzene rings is 12. The molecule has 0 saturated carbocycles. The molecule has 0 saturated heterocycles. The van der Waals surface area contributed by atoms with Crippen LogP contribution in [0.1, 0.15) is 44.5 Å². The summed E-state index contributed by atoms with van der Waals surface area (Å²) in [7, 11) is 0. The number of anilines is 3. The Morgan fingerprint density at radius 2 is 0.808 bits per heavy atom. The number of rotatable bonds is 5. The van der Waals surface area contributed by atoms with Crippen molar-refractivity contribution < 1.29 is 9.15 Å². The number of furan rings is 1. The minimum absolute atomic E-state index is 0.525. The van der Waals surface area contributed by atoms with Crippen molar-refractivity contribution in [2.75, 3.05) is 4.90 Å². The van der Waals surface area contributed by atoms with Gasteiger partial charge in [-0.3, -0.25) is 0 Å². The monoisotopic (exact) mass is 929 g/mol. The Hall–Kier alpha value is -9.44. The molecule has 0 bridgehead atoms. The smallest absolute Gasteiger partial charge is 0.140 e. The number of ether oxygens (including phenoxy) is 1. The first-order valence-electron chi connectivity index (χ1n) is 25.2. The zero-order valence-corrected chi connectivity index (χ0v) is 39.6. The number of fused-ring (bicyclic) bond motifs is 19. The van der Waals surface area contributed by atoms with Gasteiger partial charge in [0.2, 0.25) is 0 Å². The molecule has 0 amide bonds. The molecule has 340 valence electrons. The summed E-state index contributed by atoms with van der Waals surface area (Å²) in [6, 6.07) is 95.9. The van der Waals surface area contributed by atoms with Gasteiger partial charge in [0.25, 0.3) is 0 Å². The molecule has 1 aliphatic heterocycles. The molecule has 2 aliphatic carbocycles. The molecule has 0 fully saturated rings. The van der Waals surface area contributed by atoms with Crippen LogP contribution in [0.15, 0.2) is 265 Å². The average Bonchev–Trinajstić information content (AvgIpc) is 4.08. The maximum atomic E-state index is 7.33. The van der Waals surface area contributed by atoms with E-state index in [0.29, 0.717) is 0 Å². The third-order valence-corrected chi connectivity index (χ3v) is 16.4. The third kappa shape index (κ3) is 5.33. The molecule has 13 aromatic rings. The Kier molecular flexibility index (Phi) is 8.30. The molecule has 0 N–H and O–H groups in total. The molecule has 1 spiro atoms. The van der Waals surface area contributed by atoms with Gasteiger partial charge in [0, 0.05) is 55.7 Å². The predicted molar refractivity (Wildman–Crippen MR) is 298 cm³/mol. The highest BCUT2D eigenvalue weighted by Gasteiger charge is 2.53. The Morgan fingerprint density at radius 3 is 1.51 bits per heavy atom. The van der Waals surface area contributed by atoms with Crippen molar-refractivity contribution in [2.24, 2.45) is 0 Å². The van der Waals surface area contributed by atoms with Gasteiger partial charge in [0.05, 0.1) is 16.5 Å². The normalized spacial score (nSPS) is 14.1. The molecule has 0 unspecified atom stereocenters. The Labute approximate surface area is 422 Å². The minimum Gasteiger partial charge on any atom is -0.456 e. The standard InChI is InChI=1S/C70H43NO2/c1-3-20-46(21-4-1)69(47-22-5-2-6-23-47)57-29-14-11-26-52(57)56-42-48(37-41-59(56)69)71(49-36-38-54-53-27-13-16-33-64(53)72-65(54)43-49)63-32-17-31-60-66(63)55-28-12-15-30-58(55)70(60)61-39-34-44-18-7-9-24-50(44)67(61)73-68-51-25-10-8-19-45(51)35-40-62(68)70/h1-43H. The molecule has 3 aliphatic rings. The van der Waals surface area contributed by atoms with Crippen LogP contribution >= 0.6 is 0 Å². The van der Waals surface area contributed by atoms with E-state index in [9.17, 15) is 0 Å². The molecule has 0 atom stereocenters. The van der Waals surface area contributed by atoms with Gasteiger partial charge < -0.3 is 14.1 Å². The Bertz CT molecular complexity index is 4310. The van der Waals surface area contributed by atoms with Crippen LogP contribution in [0, 0.1) is 0 Å². The van der Waals surface area contributed by atoms with Crippen molar-refractivity contribution in [3.05, 3.63) is 305 Å². The first-order chi connectivity index (χ1) is 36.2. The van der Waals surface area contributed by atoms with E-state index in [-0.39, 0.29) is 0 Å². The van der Waals surface area contributed by atoms with Gasteiger partial charge in [-0.25, -0.2) is 0 Å². The number of para-hydroxylation sites is 1. The van der Waals surface area contributed by atoms with E-state index in [0.717, 1.165) is 83.2 Å². The van der Waals surface area contributed by atoms with Crippen molar-refractivity contribution >= 4 is 60.5 Å². The van der Waals surface area contributed by atoms with Crippen molar-refractivity contribution in [1.29, 1.82) is 0 Å². The van der Waals surface area contributed by atoms with Crippen LogP contribution in [-0.4, -0.2) is 0 Å². The van der Waals surface area contributed by atoms with Crippen LogP contribution in [0.5, 0.6) is 11.5 Å². The predicted octanol–water partition coefficient (Wildman–Crippen LogP) is 18.2. The largest absolute Gasteiger partial charge is 0.456 e. The lowest BCUT2D eigenvalue weighted by atomic mass is 9.65. The maximum absolute atomic E-state index is 7.33. The molecule has 1 aromatic heterocycles. The molecule has 3 heteroatoms. The summed E-state index contributed by atoms with van der Waals surface area (Å²) in [6.45, 7) is 0. The van der Waals surface area contributed by atoms with Crippen LogP contribution in [0.4, 0.5) is 17.1 Å². The number of nitrogens with zero attached hydrogens (tertiary/aromatic N) is 1. The quantitative estimate of drug-likeness (QED) is 0.172. The third-order valence-electron chi connectivity index (χ3n) is 16.4. The van der Waals surface area contributed by atoms with Gasteiger partial charge in [0.15, 0.2) is 0 Å². The summed E-state index contributed by atoms with van der Waals surface area (Å²) in [5.74, 6) is 1.81. The van der Waals surface area contributed by atoms with Gasteiger partial charge in [0.1, 0.15) is 22.7 Å². The zero-order valence-electron chi connectivity index (χ0n) is 39.6. The molecule has 0 radical (unpaired) electrons. The summed E-state index contributed by atoms with van der Waals surface area (Å²) in [5.41, 5.74) is 18.2. The van der Waals surface area contributed by atoms with E-state index < -0.39 is 10.8 Å². The summed E-state index contributed by atoms with van der Waals surface area (Å²) >= 11 is 0. The first kappa shape index (κ1) is 40.3. The minimum atomic E-state index is -0.713. The second-order valence-electron chi connectivity index (χ2n) is 19.8. The molecule has 73 heavy (non-hydrogen) atoms. The Morgan fingerprint density at radius 1 is 0.301 bits per heavy atom. The van der Waals surface area contributed by atoms with Crippen LogP contribution in [0.25, 0.3) is 65.7 Å². The lowest BCUT2D eigenvalue weighted by Gasteiger charge is -2.40. The molecule has 16 rings (SSSR count). The second kappa shape index (κ2) is 15.0. The van der Waals surface area contributed by atoms with Crippen LogP contribution in [0.3, 0.4) is 0 Å². The fourth-order valence-corrected chi connectivity index (χ4v) is 13.5. The zero-order chi connectivity index (χ0) is 47.8. The summed E-state index contributed by atoms with van der Waals surface area (Å²) in [5, 5.41) is 6.69. The molecular weight excluding hydrogens is 887 g/mol. The van der Waals surface area contributed by atoms with E-state index in [1.807, 2.05) is 6.07 Å². The Balaban J connectivity index is 1.00. The summed E-state index contributed by atoms with van der Waals surface area (Å²) in [4.78, 5) is 2.48. The number of hydrogen-bond acceptors (Lipinski definition) is 3. The van der Waals surface area contributed by atoms with E-state index >= 15 is 0 Å². The van der Waals surface area contributed by atoms with Gasteiger partial charge in [-0.2, -0.15) is 0 Å². The highest BCUT2D eigenvalue weighted by molar-refractivity contribution is 6.08. The molecule has 12 aromatic carbocycles. The topological polar surface area (TPSA) is 25.6 Å². The molecule has 2 heterocycles. The van der Waals surface area contributed by atoms with Gasteiger partial charge in [-0.05, 0) is 97.2 Å². The van der Waals surface area contributed by atoms with Gasteiger partial charge in [-0.15, -0.1) is 0 Å². The van der Waals surface area contributed by atoms with Gasteiger partial charge >= 0.3 is 0 Å². The lowest BCUT2D eigenvalue weighted by Crippen LogP contribution is -2.32. The average molecular weight is 930 g/mol. The SMILES string of the molecule is c1ccc(C2(c3ccccc3)c3ccccc3-c3cc(N(c4ccc5c(c4)oc4ccccc45)c4cccc5c4-c4ccccc4C54c5ccc6ccccc6c5Oc5c4ccc4ccccc54)ccc32)cc1. The number of hydrogen-bond donors (Lipinski definition) is 0. The van der Waals surface area contributed by atoms with Crippen LogP contribution in [-0.2, 0) is 10.8 Å². The van der Waals surface area contributed by atoms with Crippen molar-refractivity contribution in [3.63, 3.8) is 0 Å². The first-order valence-corrected chi connectivity index (χ1v) is 25.2. The van der Waals surface area contributed by atoms with Crippen molar-refractivity contribution in [3.8, 4) is 33.8 Å². The fraction of sp³-hybridized carbons (Fsp3) is 0.0286. The maximum Gasteiger partial charge on any atom is 0.140 e. The van der Waals surface area contributed by atoms with Crippen molar-refractivity contribution in [1.82, 2.24) is 0 Å². The van der Waals surface area contributed by atoms with Crippen LogP contribution in [0.2, 0.25) is 0 Å². The van der Waals surface area contributed by atoms with Crippen LogP contribution < -0.4 is 9.64 Å². The lowest BCUT2D eigenvalue weighted by molar-refractivity contribution is 0.447. The highest BCUT2D eigenvalue weighted by Crippen LogP contribution is 2.66.